The topological polar surface area (TPSA) is 99.7 Å². The van der Waals surface area contributed by atoms with Gasteiger partial charge in [-0.15, -0.1) is 0 Å². The summed E-state index contributed by atoms with van der Waals surface area (Å²) in [5, 5.41) is 16.2. The molecule has 16 heavy (non-hydrogen) atoms. The molecule has 0 radical (unpaired) electrons. The zero-order valence-electron chi connectivity index (χ0n) is 9.74. The maximum atomic E-state index is 11.4. The molecule has 0 spiro atoms. The molecule has 0 heterocycles. The zero-order chi connectivity index (χ0) is 12.6. The van der Waals surface area contributed by atoms with Crippen LogP contribution in [0.3, 0.4) is 0 Å². The molecular weight excluding hydrogens is 214 g/mol. The molecule has 7 nitrogen and oxygen atoms in total. The molecule has 0 rings (SSSR count). The van der Waals surface area contributed by atoms with E-state index in [0.29, 0.717) is 0 Å². The molecule has 0 aromatic rings. The van der Waals surface area contributed by atoms with Gasteiger partial charge in [-0.05, 0) is 6.92 Å². The van der Waals surface area contributed by atoms with Crippen LogP contribution in [0.1, 0.15) is 6.92 Å². The van der Waals surface area contributed by atoms with Gasteiger partial charge in [-0.3, -0.25) is 15.4 Å². The molecule has 0 aliphatic rings. The molecule has 4 N–H and O–H groups in total. The molecule has 0 saturated heterocycles. The second kappa shape index (κ2) is 8.03. The van der Waals surface area contributed by atoms with Crippen LogP contribution in [-0.4, -0.2) is 56.5 Å². The van der Waals surface area contributed by atoms with Crippen molar-refractivity contribution in [3.63, 3.8) is 0 Å². The molecular formula is C9H19N3O4. The first-order valence-electron chi connectivity index (χ1n) is 4.93. The second-order valence-electron chi connectivity index (χ2n) is 3.29. The Labute approximate surface area is 94.5 Å². The normalized spacial score (nSPS) is 14.0. The van der Waals surface area contributed by atoms with Gasteiger partial charge in [0.25, 0.3) is 0 Å². The summed E-state index contributed by atoms with van der Waals surface area (Å²) in [5.41, 5.74) is 0. The summed E-state index contributed by atoms with van der Waals surface area (Å²) in [7, 11) is 2.92. The molecule has 0 saturated carbocycles. The molecule has 0 bridgehead atoms. The van der Waals surface area contributed by atoms with Crippen molar-refractivity contribution in [3.8, 4) is 0 Å². The summed E-state index contributed by atoms with van der Waals surface area (Å²) in [6.45, 7) is 1.73. The Morgan fingerprint density at radius 2 is 2.06 bits per heavy atom. The minimum Gasteiger partial charge on any atom is -0.395 e. The van der Waals surface area contributed by atoms with Crippen molar-refractivity contribution in [1.82, 2.24) is 16.0 Å². The molecule has 7 heteroatoms. The van der Waals surface area contributed by atoms with Crippen molar-refractivity contribution in [2.75, 3.05) is 27.4 Å². The molecule has 0 fully saturated rings. The number of ether oxygens (including phenoxy) is 1. The van der Waals surface area contributed by atoms with Gasteiger partial charge in [0.05, 0.1) is 25.3 Å². The van der Waals surface area contributed by atoms with Crippen molar-refractivity contribution in [3.05, 3.63) is 0 Å². The number of rotatable bonds is 6. The van der Waals surface area contributed by atoms with Crippen LogP contribution in [0.4, 0.5) is 4.79 Å². The lowest BCUT2D eigenvalue weighted by atomic mass is 10.2. The van der Waals surface area contributed by atoms with E-state index in [1.54, 1.807) is 6.92 Å². The van der Waals surface area contributed by atoms with E-state index in [-0.39, 0.29) is 19.3 Å². The van der Waals surface area contributed by atoms with Crippen molar-refractivity contribution in [2.24, 2.45) is 0 Å². The van der Waals surface area contributed by atoms with Crippen LogP contribution in [0.25, 0.3) is 0 Å². The first-order chi connectivity index (χ1) is 7.54. The largest absolute Gasteiger partial charge is 0.395 e. The number of amides is 3. The molecule has 3 amide bonds. The van der Waals surface area contributed by atoms with Gasteiger partial charge in [0.2, 0.25) is 5.91 Å². The highest BCUT2D eigenvalue weighted by Crippen LogP contribution is 1.89. The average Bonchev–Trinajstić information content (AvgIpc) is 2.27. The number of carbonyl (C=O) groups excluding carboxylic acids is 2. The van der Waals surface area contributed by atoms with Crippen LogP contribution in [0.2, 0.25) is 0 Å². The van der Waals surface area contributed by atoms with E-state index in [0.717, 1.165) is 0 Å². The number of aliphatic hydroxyl groups is 1. The Morgan fingerprint density at radius 1 is 1.44 bits per heavy atom. The van der Waals surface area contributed by atoms with Crippen LogP contribution < -0.4 is 16.0 Å². The van der Waals surface area contributed by atoms with Gasteiger partial charge in [0.15, 0.2) is 0 Å². The molecule has 0 aliphatic carbocycles. The Hall–Kier alpha value is -1.18. The van der Waals surface area contributed by atoms with Gasteiger partial charge >= 0.3 is 6.03 Å². The fraction of sp³-hybridized carbons (Fsp3) is 0.778. The number of hydrogen-bond donors (Lipinski definition) is 4. The minimum atomic E-state index is -0.593. The SMILES string of the molecule is CNC(=O)NC(=O)C(C)NC(CO)COC. The van der Waals surface area contributed by atoms with Gasteiger partial charge in [0.1, 0.15) is 0 Å². The van der Waals surface area contributed by atoms with Crippen LogP contribution in [0.5, 0.6) is 0 Å². The third-order valence-electron chi connectivity index (χ3n) is 1.93. The highest BCUT2D eigenvalue weighted by Gasteiger charge is 2.18. The quantitative estimate of drug-likeness (QED) is 0.444. The zero-order valence-corrected chi connectivity index (χ0v) is 9.74. The maximum absolute atomic E-state index is 11.4. The summed E-state index contributed by atoms with van der Waals surface area (Å²) in [5.74, 6) is -0.464. The summed E-state index contributed by atoms with van der Waals surface area (Å²) >= 11 is 0. The number of urea groups is 1. The predicted molar refractivity (Wildman–Crippen MR) is 57.9 cm³/mol. The number of nitrogens with one attached hydrogen (secondary N) is 3. The van der Waals surface area contributed by atoms with Gasteiger partial charge in [-0.1, -0.05) is 0 Å². The maximum Gasteiger partial charge on any atom is 0.321 e. The second-order valence-corrected chi connectivity index (χ2v) is 3.29. The van der Waals surface area contributed by atoms with Crippen molar-refractivity contribution in [1.29, 1.82) is 0 Å². The van der Waals surface area contributed by atoms with E-state index < -0.39 is 18.0 Å². The van der Waals surface area contributed by atoms with Gasteiger partial charge in [-0.25, -0.2) is 4.79 Å². The Morgan fingerprint density at radius 3 is 2.50 bits per heavy atom. The third-order valence-corrected chi connectivity index (χ3v) is 1.93. The Kier molecular flexibility index (Phi) is 7.44. The summed E-state index contributed by atoms with van der Waals surface area (Å²) < 4.78 is 4.84. The van der Waals surface area contributed by atoms with E-state index in [4.69, 9.17) is 9.84 Å². The van der Waals surface area contributed by atoms with Gasteiger partial charge in [-0.2, -0.15) is 0 Å². The van der Waals surface area contributed by atoms with E-state index >= 15 is 0 Å². The first kappa shape index (κ1) is 14.8. The van der Waals surface area contributed by atoms with Crippen LogP contribution in [0.15, 0.2) is 0 Å². The predicted octanol–water partition coefficient (Wildman–Crippen LogP) is -1.57. The summed E-state index contributed by atoms with van der Waals surface area (Å²) in [6.07, 6.45) is 0. The molecule has 0 aliphatic heterocycles. The van der Waals surface area contributed by atoms with Gasteiger partial charge < -0.3 is 15.2 Å². The lowest BCUT2D eigenvalue weighted by molar-refractivity contribution is -0.122. The standard InChI is InChI=1S/C9H19N3O4/c1-6(8(14)12-9(15)10-2)11-7(4-13)5-16-3/h6-7,11,13H,4-5H2,1-3H3,(H2,10,12,14,15). The summed E-state index contributed by atoms with van der Waals surface area (Å²) in [4.78, 5) is 22.3. The Bertz CT molecular complexity index is 235. The first-order valence-corrected chi connectivity index (χ1v) is 4.93. The van der Waals surface area contributed by atoms with Crippen molar-refractivity contribution >= 4 is 11.9 Å². The molecule has 2 unspecified atom stereocenters. The minimum absolute atomic E-state index is 0.147. The van der Waals surface area contributed by atoms with Crippen LogP contribution in [0, 0.1) is 0 Å². The fourth-order valence-corrected chi connectivity index (χ4v) is 1.07. The van der Waals surface area contributed by atoms with E-state index in [1.807, 2.05) is 0 Å². The van der Waals surface area contributed by atoms with E-state index in [9.17, 15) is 9.59 Å². The molecule has 0 aromatic heterocycles. The van der Waals surface area contributed by atoms with Crippen molar-refractivity contribution in [2.45, 2.75) is 19.0 Å². The Balaban J connectivity index is 4.07. The van der Waals surface area contributed by atoms with Crippen LogP contribution in [-0.2, 0) is 9.53 Å². The fourth-order valence-electron chi connectivity index (χ4n) is 1.07. The molecule has 2 atom stereocenters. The lowest BCUT2D eigenvalue weighted by Crippen LogP contribution is -2.51. The number of aliphatic hydroxyl groups excluding tert-OH is 1. The number of carbonyl (C=O) groups is 2. The third kappa shape index (κ3) is 5.64. The van der Waals surface area contributed by atoms with E-state index in [2.05, 4.69) is 16.0 Å². The lowest BCUT2D eigenvalue weighted by Gasteiger charge is -2.20. The molecule has 94 valence electrons. The number of imide groups is 1. The monoisotopic (exact) mass is 233 g/mol. The number of methoxy groups -OCH3 is 1. The van der Waals surface area contributed by atoms with E-state index in [1.165, 1.54) is 14.2 Å². The highest BCUT2D eigenvalue weighted by molar-refractivity contribution is 5.96. The number of hydrogen-bond acceptors (Lipinski definition) is 5. The smallest absolute Gasteiger partial charge is 0.321 e. The van der Waals surface area contributed by atoms with Crippen molar-refractivity contribution < 1.29 is 19.4 Å². The molecule has 0 aromatic carbocycles. The average molecular weight is 233 g/mol. The summed E-state index contributed by atoms with van der Waals surface area (Å²) in [6, 6.07) is -1.49. The van der Waals surface area contributed by atoms with Gasteiger partial charge in [0, 0.05) is 14.2 Å². The highest BCUT2D eigenvalue weighted by atomic mass is 16.5. The van der Waals surface area contributed by atoms with Crippen LogP contribution >= 0.6 is 0 Å².